The van der Waals surface area contributed by atoms with Crippen molar-refractivity contribution in [2.24, 2.45) is 5.73 Å². The Balaban J connectivity index is 2.62. The molecular formula is C13H18N2O3. The van der Waals surface area contributed by atoms with Crippen molar-refractivity contribution in [3.05, 3.63) is 29.8 Å². The third kappa shape index (κ3) is 4.18. The van der Waals surface area contributed by atoms with Crippen LogP contribution in [0.15, 0.2) is 24.3 Å². The van der Waals surface area contributed by atoms with Gasteiger partial charge in [0.1, 0.15) is 0 Å². The Labute approximate surface area is 106 Å². The van der Waals surface area contributed by atoms with E-state index in [0.717, 1.165) is 6.42 Å². The van der Waals surface area contributed by atoms with Gasteiger partial charge in [0.25, 0.3) is 0 Å². The Morgan fingerprint density at radius 2 is 1.94 bits per heavy atom. The Kier molecular flexibility index (Phi) is 5.32. The van der Waals surface area contributed by atoms with Gasteiger partial charge in [-0.1, -0.05) is 6.92 Å². The van der Waals surface area contributed by atoms with Crippen LogP contribution in [-0.2, 0) is 9.53 Å². The lowest BCUT2D eigenvalue weighted by molar-refractivity contribution is -0.117. The predicted molar refractivity (Wildman–Crippen MR) is 69.3 cm³/mol. The highest BCUT2D eigenvalue weighted by Crippen LogP contribution is 2.10. The highest BCUT2D eigenvalue weighted by molar-refractivity contribution is 5.95. The topological polar surface area (TPSA) is 81.4 Å². The largest absolute Gasteiger partial charge is 0.462 e. The van der Waals surface area contributed by atoms with Crippen molar-refractivity contribution >= 4 is 17.6 Å². The van der Waals surface area contributed by atoms with Gasteiger partial charge in [0.05, 0.1) is 18.2 Å². The van der Waals surface area contributed by atoms with Crippen molar-refractivity contribution in [3.8, 4) is 0 Å². The highest BCUT2D eigenvalue weighted by atomic mass is 16.5. The number of benzene rings is 1. The molecule has 5 heteroatoms. The summed E-state index contributed by atoms with van der Waals surface area (Å²) in [5.41, 5.74) is 6.49. The molecule has 3 N–H and O–H groups in total. The first-order valence-electron chi connectivity index (χ1n) is 5.88. The molecule has 0 saturated heterocycles. The van der Waals surface area contributed by atoms with E-state index in [1.165, 1.54) is 0 Å². The second-order valence-electron chi connectivity index (χ2n) is 3.99. The van der Waals surface area contributed by atoms with E-state index < -0.39 is 6.04 Å². The second-order valence-corrected chi connectivity index (χ2v) is 3.99. The summed E-state index contributed by atoms with van der Waals surface area (Å²) < 4.78 is 4.99. The van der Waals surface area contributed by atoms with Gasteiger partial charge in [-0.2, -0.15) is 0 Å². The van der Waals surface area contributed by atoms with Gasteiger partial charge < -0.3 is 15.8 Å². The maximum absolute atomic E-state index is 11.5. The van der Waals surface area contributed by atoms with Crippen molar-refractivity contribution in [1.29, 1.82) is 0 Å². The van der Waals surface area contributed by atoms with Crippen LogP contribution in [0.2, 0.25) is 0 Å². The van der Waals surface area contributed by atoms with E-state index in [0.29, 0.717) is 17.9 Å². The zero-order chi connectivity index (χ0) is 13.5. The third-order valence-electron chi connectivity index (χ3n) is 2.24. The molecule has 0 fully saturated rings. The molecule has 0 unspecified atom stereocenters. The molecule has 1 aromatic carbocycles. The van der Waals surface area contributed by atoms with E-state index in [2.05, 4.69) is 5.32 Å². The summed E-state index contributed by atoms with van der Waals surface area (Å²) in [6, 6.07) is 5.93. The molecule has 1 amide bonds. The highest BCUT2D eigenvalue weighted by Gasteiger charge is 2.09. The summed E-state index contributed by atoms with van der Waals surface area (Å²) in [5, 5.41) is 2.63. The smallest absolute Gasteiger partial charge is 0.338 e. The van der Waals surface area contributed by atoms with Crippen LogP contribution in [0.5, 0.6) is 0 Å². The van der Waals surface area contributed by atoms with Gasteiger partial charge in [-0.25, -0.2) is 4.79 Å². The van der Waals surface area contributed by atoms with E-state index in [4.69, 9.17) is 10.5 Å². The van der Waals surface area contributed by atoms with Crippen molar-refractivity contribution in [1.82, 2.24) is 0 Å². The van der Waals surface area contributed by atoms with Gasteiger partial charge in [-0.05, 0) is 37.6 Å². The molecule has 0 heterocycles. The monoisotopic (exact) mass is 250 g/mol. The number of amides is 1. The number of carbonyl (C=O) groups excluding carboxylic acids is 2. The molecule has 0 aromatic heterocycles. The maximum atomic E-state index is 11.5. The maximum Gasteiger partial charge on any atom is 0.338 e. The lowest BCUT2D eigenvalue weighted by Gasteiger charge is -2.08. The molecule has 98 valence electrons. The van der Waals surface area contributed by atoms with Gasteiger partial charge in [0.15, 0.2) is 0 Å². The summed E-state index contributed by atoms with van der Waals surface area (Å²) in [7, 11) is 0. The minimum absolute atomic E-state index is 0.267. The molecule has 0 radical (unpaired) electrons. The zero-order valence-electron chi connectivity index (χ0n) is 10.6. The van der Waals surface area contributed by atoms with E-state index in [-0.39, 0.29) is 11.9 Å². The number of rotatable bonds is 5. The van der Waals surface area contributed by atoms with Crippen molar-refractivity contribution in [3.63, 3.8) is 0 Å². The minimum Gasteiger partial charge on any atom is -0.462 e. The van der Waals surface area contributed by atoms with Crippen LogP contribution in [-0.4, -0.2) is 24.5 Å². The minimum atomic E-state index is -0.570. The van der Waals surface area contributed by atoms with Gasteiger partial charge in [0, 0.05) is 5.69 Å². The first-order valence-corrected chi connectivity index (χ1v) is 5.88. The molecule has 0 aliphatic rings. The van der Waals surface area contributed by atoms with Crippen LogP contribution in [0, 0.1) is 0 Å². The standard InChI is InChI=1S/C13H18N2O3/c1-3-8-18-13(17)10-4-6-11(7-5-10)15-12(16)9(2)14/h4-7,9H,3,8,14H2,1-2H3,(H,15,16)/t9-/m0/s1. The molecule has 0 aliphatic heterocycles. The van der Waals surface area contributed by atoms with Crippen LogP contribution in [0.4, 0.5) is 5.69 Å². The average Bonchev–Trinajstić information content (AvgIpc) is 2.36. The molecule has 5 nitrogen and oxygen atoms in total. The molecule has 1 atom stereocenters. The summed E-state index contributed by atoms with van der Waals surface area (Å²) in [5.74, 6) is -0.627. The summed E-state index contributed by atoms with van der Waals surface area (Å²) in [6.07, 6.45) is 0.786. The number of hydrogen-bond acceptors (Lipinski definition) is 4. The number of carbonyl (C=O) groups is 2. The fourth-order valence-electron chi connectivity index (χ4n) is 1.22. The van der Waals surface area contributed by atoms with Crippen LogP contribution in [0.25, 0.3) is 0 Å². The van der Waals surface area contributed by atoms with Crippen LogP contribution in [0.3, 0.4) is 0 Å². The van der Waals surface area contributed by atoms with Crippen LogP contribution < -0.4 is 11.1 Å². The fraction of sp³-hybridized carbons (Fsp3) is 0.385. The van der Waals surface area contributed by atoms with Gasteiger partial charge >= 0.3 is 5.97 Å². The van der Waals surface area contributed by atoms with E-state index in [1.807, 2.05) is 6.92 Å². The lowest BCUT2D eigenvalue weighted by atomic mass is 10.2. The number of hydrogen-bond donors (Lipinski definition) is 2. The Morgan fingerprint density at radius 3 is 2.44 bits per heavy atom. The molecule has 1 rings (SSSR count). The summed E-state index contributed by atoms with van der Waals surface area (Å²) >= 11 is 0. The summed E-state index contributed by atoms with van der Waals surface area (Å²) in [4.78, 5) is 22.9. The molecule has 0 bridgehead atoms. The first kappa shape index (κ1) is 14.2. The molecule has 1 aromatic rings. The number of ether oxygens (including phenoxy) is 1. The molecular weight excluding hydrogens is 232 g/mol. The fourth-order valence-corrected chi connectivity index (χ4v) is 1.22. The van der Waals surface area contributed by atoms with E-state index in [9.17, 15) is 9.59 Å². The Morgan fingerprint density at radius 1 is 1.33 bits per heavy atom. The van der Waals surface area contributed by atoms with Crippen molar-refractivity contribution < 1.29 is 14.3 Å². The average molecular weight is 250 g/mol. The van der Waals surface area contributed by atoms with Crippen molar-refractivity contribution in [2.45, 2.75) is 26.3 Å². The second kappa shape index (κ2) is 6.76. The first-order chi connectivity index (χ1) is 8.54. The normalized spacial score (nSPS) is 11.7. The third-order valence-corrected chi connectivity index (χ3v) is 2.24. The van der Waals surface area contributed by atoms with Gasteiger partial charge in [-0.15, -0.1) is 0 Å². The van der Waals surface area contributed by atoms with Crippen LogP contribution in [0.1, 0.15) is 30.6 Å². The molecule has 0 saturated carbocycles. The van der Waals surface area contributed by atoms with E-state index in [1.54, 1.807) is 31.2 Å². The Bertz CT molecular complexity index is 413. The zero-order valence-corrected chi connectivity index (χ0v) is 10.6. The van der Waals surface area contributed by atoms with E-state index >= 15 is 0 Å². The van der Waals surface area contributed by atoms with Gasteiger partial charge in [0.2, 0.25) is 5.91 Å². The molecule has 0 aliphatic carbocycles. The van der Waals surface area contributed by atoms with Crippen molar-refractivity contribution in [2.75, 3.05) is 11.9 Å². The quantitative estimate of drug-likeness (QED) is 0.777. The van der Waals surface area contributed by atoms with Crippen LogP contribution >= 0.6 is 0 Å². The lowest BCUT2D eigenvalue weighted by Crippen LogP contribution is -2.32. The predicted octanol–water partition coefficient (Wildman–Crippen LogP) is 1.54. The summed E-state index contributed by atoms with van der Waals surface area (Å²) in [6.45, 7) is 3.94. The number of nitrogens with one attached hydrogen (secondary N) is 1. The molecule has 18 heavy (non-hydrogen) atoms. The number of nitrogens with two attached hydrogens (primary N) is 1. The molecule has 0 spiro atoms. The number of anilines is 1. The number of esters is 1. The Hall–Kier alpha value is -1.88. The SMILES string of the molecule is CCCOC(=O)c1ccc(NC(=O)[C@H](C)N)cc1. The van der Waals surface area contributed by atoms with Gasteiger partial charge in [-0.3, -0.25) is 4.79 Å².